The lowest BCUT2D eigenvalue weighted by Gasteiger charge is -2.07. The van der Waals surface area contributed by atoms with Gasteiger partial charge in [0.1, 0.15) is 5.69 Å². The largest absolute Gasteiger partial charge is 0.463 e. The summed E-state index contributed by atoms with van der Waals surface area (Å²) in [4.78, 5) is 23.4. The summed E-state index contributed by atoms with van der Waals surface area (Å²) in [6.45, 7) is 0.314. The van der Waals surface area contributed by atoms with Gasteiger partial charge in [0.25, 0.3) is 5.91 Å². The van der Waals surface area contributed by atoms with E-state index in [1.165, 1.54) is 0 Å². The monoisotopic (exact) mass is 279 g/mol. The lowest BCUT2D eigenvalue weighted by molar-refractivity contribution is -0.120. The highest BCUT2D eigenvalue weighted by Crippen LogP contribution is 2.19. The van der Waals surface area contributed by atoms with E-state index in [4.69, 9.17) is 9.52 Å². The Morgan fingerprint density at radius 3 is 2.90 bits per heavy atom. The molecule has 0 unspecified atom stereocenters. The lowest BCUT2D eigenvalue weighted by Crippen LogP contribution is -2.38. The van der Waals surface area contributed by atoms with Crippen LogP contribution in [-0.4, -0.2) is 41.2 Å². The molecule has 7 heteroatoms. The first-order valence-electron chi connectivity index (χ1n) is 6.32. The fourth-order valence-corrected chi connectivity index (χ4v) is 1.89. The van der Waals surface area contributed by atoms with E-state index in [0.717, 1.165) is 5.52 Å². The maximum absolute atomic E-state index is 12.0. The Kier molecular flexibility index (Phi) is 4.41. The van der Waals surface area contributed by atoms with Crippen LogP contribution in [0.3, 0.4) is 0 Å². The number of rotatable bonds is 6. The zero-order chi connectivity index (χ0) is 14.5. The number of carbonyl (C=O) groups is 2. The van der Waals surface area contributed by atoms with Crippen molar-refractivity contribution in [3.63, 3.8) is 0 Å². The highest BCUT2D eigenvalue weighted by molar-refractivity contribution is 5.99. The first-order valence-corrected chi connectivity index (χ1v) is 6.32. The topological polar surface area (TPSA) is 96.5 Å². The molecule has 2 heterocycles. The Morgan fingerprint density at radius 2 is 2.20 bits per heavy atom. The molecule has 7 nitrogen and oxygen atoms in total. The number of carbonyl (C=O) groups excluding carboxylic acids is 2. The fraction of sp³-hybridized carbons (Fsp3) is 0.385. The summed E-state index contributed by atoms with van der Waals surface area (Å²) in [5.41, 5.74) is 1.88. The number of aliphatic hydroxyl groups is 1. The molecular formula is C13H17N3O4. The lowest BCUT2D eigenvalue weighted by atomic mass is 10.4. The SMILES string of the molecule is Cn1c(C(=O)NCC(=O)NCCCO)cc2occc21. The van der Waals surface area contributed by atoms with Gasteiger partial charge in [0.2, 0.25) is 5.91 Å². The molecule has 0 aliphatic rings. The quantitative estimate of drug-likeness (QED) is 0.648. The first kappa shape index (κ1) is 14.1. The molecule has 108 valence electrons. The number of furan rings is 1. The number of fused-ring (bicyclic) bond motifs is 1. The van der Waals surface area contributed by atoms with E-state index in [9.17, 15) is 9.59 Å². The molecular weight excluding hydrogens is 262 g/mol. The second-order valence-electron chi connectivity index (χ2n) is 4.37. The molecule has 2 aromatic heterocycles. The van der Waals surface area contributed by atoms with E-state index in [1.807, 2.05) is 0 Å². The van der Waals surface area contributed by atoms with Crippen molar-refractivity contribution in [3.8, 4) is 0 Å². The van der Waals surface area contributed by atoms with Crippen LogP contribution >= 0.6 is 0 Å². The minimum Gasteiger partial charge on any atom is -0.463 e. The van der Waals surface area contributed by atoms with Gasteiger partial charge in [0.15, 0.2) is 5.58 Å². The highest BCUT2D eigenvalue weighted by Gasteiger charge is 2.15. The van der Waals surface area contributed by atoms with E-state index in [-0.39, 0.29) is 25.0 Å². The summed E-state index contributed by atoms with van der Waals surface area (Å²) in [7, 11) is 1.76. The molecule has 0 fully saturated rings. The second kappa shape index (κ2) is 6.25. The van der Waals surface area contributed by atoms with E-state index in [2.05, 4.69) is 10.6 Å². The third kappa shape index (κ3) is 3.00. The average molecular weight is 279 g/mol. The molecule has 0 aliphatic heterocycles. The van der Waals surface area contributed by atoms with Gasteiger partial charge in [-0.3, -0.25) is 9.59 Å². The zero-order valence-corrected chi connectivity index (χ0v) is 11.2. The first-order chi connectivity index (χ1) is 9.63. The van der Waals surface area contributed by atoms with E-state index < -0.39 is 0 Å². The fourth-order valence-electron chi connectivity index (χ4n) is 1.89. The maximum atomic E-state index is 12.0. The van der Waals surface area contributed by atoms with Crippen LogP contribution in [0.1, 0.15) is 16.9 Å². The Bertz CT molecular complexity index is 614. The summed E-state index contributed by atoms with van der Waals surface area (Å²) >= 11 is 0. The Balaban J connectivity index is 1.90. The van der Waals surface area contributed by atoms with Crippen molar-refractivity contribution in [1.82, 2.24) is 15.2 Å². The van der Waals surface area contributed by atoms with Gasteiger partial charge in [0.05, 0.1) is 18.3 Å². The molecule has 0 aliphatic carbocycles. The van der Waals surface area contributed by atoms with Crippen LogP contribution in [0, 0.1) is 0 Å². The van der Waals surface area contributed by atoms with Crippen LogP contribution in [-0.2, 0) is 11.8 Å². The summed E-state index contributed by atoms with van der Waals surface area (Å²) in [6.07, 6.45) is 2.05. The highest BCUT2D eigenvalue weighted by atomic mass is 16.3. The average Bonchev–Trinajstić information content (AvgIpc) is 3.00. The van der Waals surface area contributed by atoms with Gasteiger partial charge in [-0.1, -0.05) is 0 Å². The van der Waals surface area contributed by atoms with E-state index >= 15 is 0 Å². The minimum absolute atomic E-state index is 0.0229. The van der Waals surface area contributed by atoms with Crippen LogP contribution < -0.4 is 10.6 Å². The Morgan fingerprint density at radius 1 is 1.40 bits per heavy atom. The Hall–Kier alpha value is -2.28. The van der Waals surface area contributed by atoms with Crippen LogP contribution in [0.4, 0.5) is 0 Å². The van der Waals surface area contributed by atoms with Crippen molar-refractivity contribution in [1.29, 1.82) is 0 Å². The number of aromatic nitrogens is 1. The molecule has 0 radical (unpaired) electrons. The minimum atomic E-state index is -0.337. The van der Waals surface area contributed by atoms with Gasteiger partial charge in [0, 0.05) is 32.3 Å². The molecule has 2 rings (SSSR count). The molecule has 0 aromatic carbocycles. The normalized spacial score (nSPS) is 10.7. The zero-order valence-electron chi connectivity index (χ0n) is 11.2. The van der Waals surface area contributed by atoms with Crippen molar-refractivity contribution in [2.45, 2.75) is 6.42 Å². The standard InChI is InChI=1S/C13H17N3O4/c1-16-9-3-6-20-11(9)7-10(16)13(19)15-8-12(18)14-4-2-5-17/h3,6-7,17H,2,4-5,8H2,1H3,(H,14,18)(H,15,19). The van der Waals surface area contributed by atoms with Crippen molar-refractivity contribution in [3.05, 3.63) is 24.1 Å². The Labute approximate surface area is 115 Å². The van der Waals surface area contributed by atoms with Crippen molar-refractivity contribution < 1.29 is 19.1 Å². The number of nitrogens with zero attached hydrogens (tertiary/aromatic N) is 1. The molecule has 2 amide bonds. The van der Waals surface area contributed by atoms with Gasteiger partial charge < -0.3 is 24.7 Å². The predicted molar refractivity (Wildman–Crippen MR) is 72.2 cm³/mol. The van der Waals surface area contributed by atoms with Crippen LogP contribution in [0.2, 0.25) is 0 Å². The number of aryl methyl sites for hydroxylation is 1. The van der Waals surface area contributed by atoms with E-state index in [1.54, 1.807) is 30.0 Å². The maximum Gasteiger partial charge on any atom is 0.268 e. The molecule has 0 spiro atoms. The summed E-state index contributed by atoms with van der Waals surface area (Å²) < 4.78 is 6.92. The van der Waals surface area contributed by atoms with Gasteiger partial charge in [-0.05, 0) is 6.42 Å². The third-order valence-electron chi connectivity index (χ3n) is 2.96. The molecule has 0 bridgehead atoms. The third-order valence-corrected chi connectivity index (χ3v) is 2.96. The van der Waals surface area contributed by atoms with Gasteiger partial charge in [-0.2, -0.15) is 0 Å². The number of hydrogen-bond donors (Lipinski definition) is 3. The predicted octanol–water partition coefficient (Wildman–Crippen LogP) is -0.000300. The number of hydrogen-bond acceptors (Lipinski definition) is 4. The van der Waals surface area contributed by atoms with Crippen molar-refractivity contribution >= 4 is 22.9 Å². The van der Waals surface area contributed by atoms with Crippen molar-refractivity contribution in [2.75, 3.05) is 19.7 Å². The molecule has 0 saturated carbocycles. The summed E-state index contributed by atoms with van der Waals surface area (Å²) in [5, 5.41) is 13.7. The van der Waals surface area contributed by atoms with Crippen LogP contribution in [0.15, 0.2) is 22.8 Å². The second-order valence-corrected chi connectivity index (χ2v) is 4.37. The molecule has 20 heavy (non-hydrogen) atoms. The molecule has 3 N–H and O–H groups in total. The molecule has 0 atom stereocenters. The summed E-state index contributed by atoms with van der Waals surface area (Å²) in [6, 6.07) is 3.40. The van der Waals surface area contributed by atoms with Crippen LogP contribution in [0.5, 0.6) is 0 Å². The summed E-state index contributed by atoms with van der Waals surface area (Å²) in [5.74, 6) is -0.624. The smallest absolute Gasteiger partial charge is 0.268 e. The number of amides is 2. The van der Waals surface area contributed by atoms with E-state index in [0.29, 0.717) is 24.2 Å². The van der Waals surface area contributed by atoms with Crippen LogP contribution in [0.25, 0.3) is 11.1 Å². The molecule has 2 aromatic rings. The van der Waals surface area contributed by atoms with Gasteiger partial charge in [-0.15, -0.1) is 0 Å². The van der Waals surface area contributed by atoms with Gasteiger partial charge >= 0.3 is 0 Å². The number of aliphatic hydroxyl groups excluding tert-OH is 1. The van der Waals surface area contributed by atoms with Crippen molar-refractivity contribution in [2.24, 2.45) is 7.05 Å². The van der Waals surface area contributed by atoms with Gasteiger partial charge in [-0.25, -0.2) is 0 Å². The molecule has 0 saturated heterocycles. The number of nitrogens with one attached hydrogen (secondary N) is 2.